The molecule has 114 valence electrons. The molecule has 0 spiro atoms. The van der Waals surface area contributed by atoms with Gasteiger partial charge in [0.15, 0.2) is 0 Å². The van der Waals surface area contributed by atoms with Crippen molar-refractivity contribution >= 4 is 0 Å². The van der Waals surface area contributed by atoms with Crippen LogP contribution in [0.2, 0.25) is 0 Å². The van der Waals surface area contributed by atoms with Gasteiger partial charge < -0.3 is 5.32 Å². The minimum absolute atomic E-state index is 0.753. The van der Waals surface area contributed by atoms with E-state index >= 15 is 0 Å². The van der Waals surface area contributed by atoms with Crippen molar-refractivity contribution in [3.05, 3.63) is 35.4 Å². The van der Waals surface area contributed by atoms with Gasteiger partial charge >= 0.3 is 0 Å². The maximum atomic E-state index is 3.82. The first-order valence-corrected chi connectivity index (χ1v) is 8.94. The fraction of sp³-hybridized carbons (Fsp3) is 0.684. The molecule has 0 radical (unpaired) electrons. The second-order valence-corrected chi connectivity index (χ2v) is 7.28. The van der Waals surface area contributed by atoms with Crippen LogP contribution in [0.3, 0.4) is 0 Å². The van der Waals surface area contributed by atoms with Crippen molar-refractivity contribution in [3.8, 4) is 0 Å². The summed E-state index contributed by atoms with van der Waals surface area (Å²) < 4.78 is 0. The lowest BCUT2D eigenvalue weighted by Crippen LogP contribution is -2.56. The molecular formula is C19H28N2. The Balaban J connectivity index is 1.40. The molecule has 1 atom stereocenters. The number of rotatable bonds is 2. The molecule has 0 aromatic heterocycles. The third kappa shape index (κ3) is 2.89. The summed E-state index contributed by atoms with van der Waals surface area (Å²) in [6.07, 6.45) is 9.83. The number of hydrogen-bond donors (Lipinski definition) is 1. The molecule has 1 saturated carbocycles. The van der Waals surface area contributed by atoms with Gasteiger partial charge in [-0.2, -0.15) is 0 Å². The molecule has 2 heteroatoms. The monoisotopic (exact) mass is 284 g/mol. The summed E-state index contributed by atoms with van der Waals surface area (Å²) in [6, 6.07) is 10.6. The van der Waals surface area contributed by atoms with Gasteiger partial charge in [0.1, 0.15) is 0 Å². The van der Waals surface area contributed by atoms with E-state index in [1.54, 1.807) is 11.1 Å². The SMILES string of the molecule is c1ccc2c(c1)CC(N1CCNC(C3CCCCC3)C1)C2. The fourth-order valence-electron chi connectivity index (χ4n) is 4.78. The van der Waals surface area contributed by atoms with Crippen LogP contribution in [-0.2, 0) is 12.8 Å². The van der Waals surface area contributed by atoms with Crippen LogP contribution in [0.4, 0.5) is 0 Å². The van der Waals surface area contributed by atoms with Crippen LogP contribution in [0.1, 0.15) is 43.2 Å². The van der Waals surface area contributed by atoms with Gasteiger partial charge in [-0.1, -0.05) is 43.5 Å². The van der Waals surface area contributed by atoms with E-state index in [9.17, 15) is 0 Å². The quantitative estimate of drug-likeness (QED) is 0.898. The molecule has 1 aliphatic heterocycles. The van der Waals surface area contributed by atoms with Gasteiger partial charge in [-0.15, -0.1) is 0 Å². The lowest BCUT2D eigenvalue weighted by Gasteiger charge is -2.41. The van der Waals surface area contributed by atoms with Crippen LogP contribution >= 0.6 is 0 Å². The van der Waals surface area contributed by atoms with Crippen molar-refractivity contribution in [2.45, 2.75) is 57.0 Å². The lowest BCUT2D eigenvalue weighted by molar-refractivity contribution is 0.111. The van der Waals surface area contributed by atoms with E-state index in [1.165, 1.54) is 64.6 Å². The normalized spacial score (nSPS) is 28.7. The smallest absolute Gasteiger partial charge is 0.0223 e. The van der Waals surface area contributed by atoms with Crippen molar-refractivity contribution in [1.82, 2.24) is 10.2 Å². The zero-order chi connectivity index (χ0) is 14.1. The van der Waals surface area contributed by atoms with Crippen LogP contribution in [0.25, 0.3) is 0 Å². The average molecular weight is 284 g/mol. The van der Waals surface area contributed by atoms with Crippen molar-refractivity contribution in [2.24, 2.45) is 5.92 Å². The molecule has 4 rings (SSSR count). The van der Waals surface area contributed by atoms with Gasteiger partial charge in [0.05, 0.1) is 0 Å². The predicted molar refractivity (Wildman–Crippen MR) is 87.6 cm³/mol. The first kappa shape index (κ1) is 13.8. The molecule has 0 amide bonds. The zero-order valence-corrected chi connectivity index (χ0v) is 13.1. The summed E-state index contributed by atoms with van der Waals surface area (Å²) in [5, 5.41) is 3.82. The predicted octanol–water partition coefficient (Wildman–Crippen LogP) is 3.01. The Kier molecular flexibility index (Phi) is 4.00. The topological polar surface area (TPSA) is 15.3 Å². The summed E-state index contributed by atoms with van der Waals surface area (Å²) >= 11 is 0. The van der Waals surface area contributed by atoms with Crippen molar-refractivity contribution < 1.29 is 0 Å². The Morgan fingerprint density at radius 3 is 2.38 bits per heavy atom. The molecule has 0 bridgehead atoms. The van der Waals surface area contributed by atoms with E-state index in [-0.39, 0.29) is 0 Å². The molecule has 1 saturated heterocycles. The van der Waals surface area contributed by atoms with E-state index < -0.39 is 0 Å². The number of nitrogens with one attached hydrogen (secondary N) is 1. The van der Waals surface area contributed by atoms with E-state index in [2.05, 4.69) is 34.5 Å². The highest BCUT2D eigenvalue weighted by atomic mass is 15.2. The van der Waals surface area contributed by atoms with Crippen LogP contribution in [0.15, 0.2) is 24.3 Å². The number of nitrogens with zero attached hydrogens (tertiary/aromatic N) is 1. The molecule has 1 heterocycles. The Morgan fingerprint density at radius 1 is 0.952 bits per heavy atom. The largest absolute Gasteiger partial charge is 0.311 e. The third-order valence-electron chi connectivity index (χ3n) is 6.00. The maximum Gasteiger partial charge on any atom is 0.0223 e. The van der Waals surface area contributed by atoms with Crippen LogP contribution in [0.5, 0.6) is 0 Å². The van der Waals surface area contributed by atoms with Gasteiger partial charge in [-0.3, -0.25) is 4.90 Å². The van der Waals surface area contributed by atoms with E-state index in [0.717, 1.165) is 18.0 Å². The highest BCUT2D eigenvalue weighted by Crippen LogP contribution is 2.30. The standard InChI is InChI=1S/C19H28N2/c1-2-6-15(7-3-1)19-14-21(11-10-20-19)18-12-16-8-4-5-9-17(16)13-18/h4-5,8-9,15,18-20H,1-3,6-7,10-14H2. The number of fused-ring (bicyclic) bond motifs is 1. The van der Waals surface area contributed by atoms with Gasteiger partial charge in [-0.25, -0.2) is 0 Å². The summed E-state index contributed by atoms with van der Waals surface area (Å²) in [7, 11) is 0. The molecule has 3 aliphatic rings. The summed E-state index contributed by atoms with van der Waals surface area (Å²) in [4.78, 5) is 2.79. The molecule has 1 N–H and O–H groups in total. The summed E-state index contributed by atoms with van der Waals surface area (Å²) in [6.45, 7) is 3.71. The van der Waals surface area contributed by atoms with E-state index in [0.29, 0.717) is 0 Å². The van der Waals surface area contributed by atoms with Gasteiger partial charge in [0, 0.05) is 31.7 Å². The molecule has 1 aromatic rings. The molecule has 21 heavy (non-hydrogen) atoms. The molecule has 1 aromatic carbocycles. The highest BCUT2D eigenvalue weighted by Gasteiger charge is 2.33. The zero-order valence-electron chi connectivity index (χ0n) is 13.1. The Bertz CT molecular complexity index is 453. The molecule has 1 unspecified atom stereocenters. The van der Waals surface area contributed by atoms with Crippen LogP contribution in [0, 0.1) is 5.92 Å². The Hall–Kier alpha value is -0.860. The Morgan fingerprint density at radius 2 is 1.67 bits per heavy atom. The summed E-state index contributed by atoms with van der Waals surface area (Å²) in [5.41, 5.74) is 3.19. The van der Waals surface area contributed by atoms with E-state index in [4.69, 9.17) is 0 Å². The lowest BCUT2D eigenvalue weighted by atomic mass is 9.83. The Labute approximate surface area is 128 Å². The number of piperazine rings is 1. The first-order chi connectivity index (χ1) is 10.4. The van der Waals surface area contributed by atoms with Crippen LogP contribution in [-0.4, -0.2) is 36.6 Å². The summed E-state index contributed by atoms with van der Waals surface area (Å²) in [5.74, 6) is 0.935. The number of benzene rings is 1. The third-order valence-corrected chi connectivity index (χ3v) is 6.00. The molecule has 2 aliphatic carbocycles. The second-order valence-electron chi connectivity index (χ2n) is 7.28. The van der Waals surface area contributed by atoms with Gasteiger partial charge in [-0.05, 0) is 42.7 Å². The highest BCUT2D eigenvalue weighted by molar-refractivity contribution is 5.33. The average Bonchev–Trinajstić information content (AvgIpc) is 3.00. The molecule has 2 nitrogen and oxygen atoms in total. The first-order valence-electron chi connectivity index (χ1n) is 8.94. The van der Waals surface area contributed by atoms with Crippen molar-refractivity contribution in [3.63, 3.8) is 0 Å². The second kappa shape index (κ2) is 6.10. The van der Waals surface area contributed by atoms with Gasteiger partial charge in [0.25, 0.3) is 0 Å². The maximum absolute atomic E-state index is 3.82. The van der Waals surface area contributed by atoms with Crippen molar-refractivity contribution in [2.75, 3.05) is 19.6 Å². The number of hydrogen-bond acceptors (Lipinski definition) is 2. The minimum atomic E-state index is 0.753. The van der Waals surface area contributed by atoms with Crippen LogP contribution < -0.4 is 5.32 Å². The van der Waals surface area contributed by atoms with E-state index in [1.807, 2.05) is 0 Å². The molecule has 2 fully saturated rings. The molecular weight excluding hydrogens is 256 g/mol. The van der Waals surface area contributed by atoms with Crippen molar-refractivity contribution in [1.29, 1.82) is 0 Å². The van der Waals surface area contributed by atoms with Gasteiger partial charge in [0.2, 0.25) is 0 Å². The minimum Gasteiger partial charge on any atom is -0.311 e. The fourth-order valence-corrected chi connectivity index (χ4v) is 4.78.